The molecule has 1 amide bonds. The molecule has 3 aromatic carbocycles. The molecule has 222 valence electrons. The molecule has 0 saturated carbocycles. The summed E-state index contributed by atoms with van der Waals surface area (Å²) < 4.78 is 6.41. The highest BCUT2D eigenvalue weighted by Gasteiger charge is 2.29. The number of phenolic OH excluding ortho intramolecular Hbond substituents is 1. The van der Waals surface area contributed by atoms with Gasteiger partial charge in [-0.15, -0.1) is 0 Å². The summed E-state index contributed by atoms with van der Waals surface area (Å²) in [5.41, 5.74) is 3.46. The average Bonchev–Trinajstić information content (AvgIpc) is 2.98. The molecule has 0 spiro atoms. The summed E-state index contributed by atoms with van der Waals surface area (Å²) in [5.74, 6) is 0.0722. The second kappa shape index (κ2) is 12.2. The molecule has 0 saturated heterocycles. The molecule has 4 aromatic rings. The fraction of sp³-hybridized carbons (Fsp3) is 0.371. The molecular formula is C35H41ClN2O4. The van der Waals surface area contributed by atoms with E-state index in [2.05, 4.69) is 64.0 Å². The predicted octanol–water partition coefficient (Wildman–Crippen LogP) is 8.73. The fourth-order valence-electron chi connectivity index (χ4n) is 4.99. The third-order valence-corrected chi connectivity index (χ3v) is 8.88. The number of carbonyl (C=O) groups excluding carboxylic acids is 1. The van der Waals surface area contributed by atoms with Gasteiger partial charge >= 0.3 is 0 Å². The first-order valence-corrected chi connectivity index (χ1v) is 15.0. The van der Waals surface area contributed by atoms with E-state index in [1.54, 1.807) is 0 Å². The van der Waals surface area contributed by atoms with E-state index in [9.17, 15) is 14.7 Å². The van der Waals surface area contributed by atoms with Crippen molar-refractivity contribution in [3.05, 3.63) is 87.2 Å². The zero-order chi connectivity index (χ0) is 30.8. The molecule has 42 heavy (non-hydrogen) atoms. The van der Waals surface area contributed by atoms with Gasteiger partial charge in [0, 0.05) is 17.2 Å². The van der Waals surface area contributed by atoms with Crippen molar-refractivity contribution in [2.45, 2.75) is 84.7 Å². The maximum atomic E-state index is 13.6. The highest BCUT2D eigenvalue weighted by atomic mass is 35.5. The molecule has 0 aliphatic heterocycles. The van der Waals surface area contributed by atoms with E-state index < -0.39 is 12.0 Å². The number of aromatic nitrogens is 1. The van der Waals surface area contributed by atoms with Gasteiger partial charge in [-0.1, -0.05) is 103 Å². The molecule has 1 unspecified atom stereocenters. The number of rotatable bonds is 10. The monoisotopic (exact) mass is 588 g/mol. The number of nitrogens with one attached hydrogen (secondary N) is 2. The van der Waals surface area contributed by atoms with Crippen LogP contribution in [0, 0.1) is 0 Å². The third kappa shape index (κ3) is 6.19. The van der Waals surface area contributed by atoms with Gasteiger partial charge in [0.05, 0.1) is 21.6 Å². The van der Waals surface area contributed by atoms with Gasteiger partial charge in [0.2, 0.25) is 5.56 Å². The molecule has 0 fully saturated rings. The Morgan fingerprint density at radius 3 is 2.26 bits per heavy atom. The first kappa shape index (κ1) is 31.2. The zero-order valence-electron chi connectivity index (χ0n) is 25.5. The summed E-state index contributed by atoms with van der Waals surface area (Å²) in [6, 6.07) is 18.4. The Morgan fingerprint density at radius 2 is 1.64 bits per heavy atom. The van der Waals surface area contributed by atoms with Crippen molar-refractivity contribution >= 4 is 34.1 Å². The van der Waals surface area contributed by atoms with Crippen LogP contribution >= 0.6 is 11.6 Å². The Hall–Kier alpha value is -3.77. The van der Waals surface area contributed by atoms with Crippen molar-refractivity contribution < 1.29 is 14.6 Å². The summed E-state index contributed by atoms with van der Waals surface area (Å²) in [5, 5.41) is 14.8. The highest BCUT2D eigenvalue weighted by Crippen LogP contribution is 2.42. The lowest BCUT2D eigenvalue weighted by Gasteiger charge is -2.31. The van der Waals surface area contributed by atoms with E-state index in [1.807, 2.05) is 43.3 Å². The van der Waals surface area contributed by atoms with Crippen molar-refractivity contribution in [2.75, 3.05) is 5.32 Å². The van der Waals surface area contributed by atoms with Crippen LogP contribution in [-0.2, 0) is 15.6 Å². The first-order valence-electron chi connectivity index (χ1n) is 14.6. The lowest BCUT2D eigenvalue weighted by Crippen LogP contribution is -2.33. The standard InChI is InChI=1S/C35H41ClN2O4/c1-8-27(42-28-17-16-22(34(4,5)9-2)18-24(28)35(6,7)10-3)33(41)37-26-20-25(36)31-30(32(26)40)23(19-29(39)38-31)21-14-12-11-13-15-21/h11-20,27,40H,8-10H2,1-7H3,(H,37,41)(H,38,39). The normalized spacial score (nSPS) is 12.8. The number of aromatic amines is 1. The highest BCUT2D eigenvalue weighted by molar-refractivity contribution is 6.36. The van der Waals surface area contributed by atoms with Crippen LogP contribution in [0.25, 0.3) is 22.0 Å². The molecule has 0 radical (unpaired) electrons. The predicted molar refractivity (Wildman–Crippen MR) is 173 cm³/mol. The van der Waals surface area contributed by atoms with Gasteiger partial charge < -0.3 is 20.1 Å². The first-order chi connectivity index (χ1) is 19.8. The molecule has 0 bridgehead atoms. The summed E-state index contributed by atoms with van der Waals surface area (Å²) in [7, 11) is 0. The summed E-state index contributed by atoms with van der Waals surface area (Å²) >= 11 is 6.58. The molecule has 0 aliphatic carbocycles. The van der Waals surface area contributed by atoms with E-state index >= 15 is 0 Å². The zero-order valence-corrected chi connectivity index (χ0v) is 26.3. The lowest BCUT2D eigenvalue weighted by atomic mass is 9.76. The molecule has 3 N–H and O–H groups in total. The smallest absolute Gasteiger partial charge is 0.265 e. The number of aromatic hydroxyl groups is 1. The maximum absolute atomic E-state index is 13.6. The molecule has 7 heteroatoms. The van der Waals surface area contributed by atoms with Crippen molar-refractivity contribution in [1.29, 1.82) is 0 Å². The number of H-pyrrole nitrogens is 1. The van der Waals surface area contributed by atoms with E-state index in [0.717, 1.165) is 24.0 Å². The number of benzene rings is 3. The number of phenols is 1. The van der Waals surface area contributed by atoms with Crippen LogP contribution in [0.15, 0.2) is 65.5 Å². The van der Waals surface area contributed by atoms with Gasteiger partial charge in [-0.2, -0.15) is 0 Å². The Balaban J connectivity index is 1.72. The van der Waals surface area contributed by atoms with Gasteiger partial charge in [0.25, 0.3) is 5.91 Å². The molecular weight excluding hydrogens is 548 g/mol. The summed E-state index contributed by atoms with van der Waals surface area (Å²) in [6.45, 7) is 15.0. The van der Waals surface area contributed by atoms with Gasteiger partial charge in [-0.25, -0.2) is 0 Å². The lowest BCUT2D eigenvalue weighted by molar-refractivity contribution is -0.122. The van der Waals surface area contributed by atoms with E-state index in [1.165, 1.54) is 17.7 Å². The summed E-state index contributed by atoms with van der Waals surface area (Å²) in [6.07, 6.45) is 1.48. The van der Waals surface area contributed by atoms with Crippen LogP contribution in [0.5, 0.6) is 11.5 Å². The number of hydrogen-bond acceptors (Lipinski definition) is 4. The van der Waals surface area contributed by atoms with E-state index in [-0.39, 0.29) is 32.8 Å². The van der Waals surface area contributed by atoms with Crippen LogP contribution in [0.4, 0.5) is 5.69 Å². The Kier molecular flexibility index (Phi) is 9.07. The second-order valence-corrected chi connectivity index (χ2v) is 12.5. The van der Waals surface area contributed by atoms with Gasteiger partial charge in [0.1, 0.15) is 11.5 Å². The number of hydrogen-bond donors (Lipinski definition) is 3. The minimum Gasteiger partial charge on any atom is -0.505 e. The Bertz CT molecular complexity index is 1660. The van der Waals surface area contributed by atoms with Crippen LogP contribution in [-0.4, -0.2) is 22.1 Å². The Morgan fingerprint density at radius 1 is 0.976 bits per heavy atom. The fourth-order valence-corrected chi connectivity index (χ4v) is 5.24. The number of anilines is 1. The molecule has 1 heterocycles. The molecule has 6 nitrogen and oxygen atoms in total. The SMILES string of the molecule is CCC(Oc1ccc(C(C)(C)CC)cc1C(C)(C)CC)C(=O)Nc1cc(Cl)c2[nH]c(=O)cc(-c3ccccc3)c2c1O. The van der Waals surface area contributed by atoms with E-state index in [0.29, 0.717) is 28.6 Å². The van der Waals surface area contributed by atoms with Crippen LogP contribution < -0.4 is 15.6 Å². The number of fused-ring (bicyclic) bond motifs is 1. The van der Waals surface area contributed by atoms with Gasteiger partial charge in [-0.3, -0.25) is 9.59 Å². The minimum atomic E-state index is -0.820. The molecule has 1 atom stereocenters. The van der Waals surface area contributed by atoms with Crippen LogP contribution in [0.1, 0.15) is 78.9 Å². The van der Waals surface area contributed by atoms with Crippen molar-refractivity contribution in [1.82, 2.24) is 4.98 Å². The van der Waals surface area contributed by atoms with Crippen molar-refractivity contribution in [3.8, 4) is 22.6 Å². The van der Waals surface area contributed by atoms with Crippen LogP contribution in [0.2, 0.25) is 5.02 Å². The minimum absolute atomic E-state index is 0.00833. The average molecular weight is 589 g/mol. The number of carbonyl (C=O) groups is 1. The largest absolute Gasteiger partial charge is 0.505 e. The van der Waals surface area contributed by atoms with Gasteiger partial charge in [-0.05, 0) is 53.4 Å². The summed E-state index contributed by atoms with van der Waals surface area (Å²) in [4.78, 5) is 28.8. The topological polar surface area (TPSA) is 91.4 Å². The quantitative estimate of drug-likeness (QED) is 0.162. The molecule has 4 rings (SSSR count). The number of ether oxygens (including phenoxy) is 1. The van der Waals surface area contributed by atoms with Crippen molar-refractivity contribution in [3.63, 3.8) is 0 Å². The number of pyridine rings is 1. The number of amides is 1. The van der Waals surface area contributed by atoms with Crippen LogP contribution in [0.3, 0.4) is 0 Å². The van der Waals surface area contributed by atoms with Gasteiger partial charge in [0.15, 0.2) is 6.10 Å². The van der Waals surface area contributed by atoms with E-state index in [4.69, 9.17) is 16.3 Å². The van der Waals surface area contributed by atoms with Crippen molar-refractivity contribution in [2.24, 2.45) is 0 Å². The number of halogens is 1. The molecule has 0 aliphatic rings. The molecule has 1 aromatic heterocycles. The third-order valence-electron chi connectivity index (χ3n) is 8.58. The Labute approximate surface area is 253 Å². The maximum Gasteiger partial charge on any atom is 0.265 e. The second-order valence-electron chi connectivity index (χ2n) is 12.1.